The first kappa shape index (κ1) is 55.2. The number of hydrogen-bond acceptors (Lipinski definition) is 15. The van der Waals surface area contributed by atoms with E-state index < -0.39 is 102 Å². The highest BCUT2D eigenvalue weighted by Gasteiger charge is 2.53. The summed E-state index contributed by atoms with van der Waals surface area (Å²) in [5, 5.41) is 69.2. The van der Waals surface area contributed by atoms with Crippen LogP contribution in [0.1, 0.15) is 119 Å². The van der Waals surface area contributed by atoms with E-state index in [1.54, 1.807) is 64.2 Å². The number of hydrogen-bond donors (Lipinski definition) is 6. The highest BCUT2D eigenvalue weighted by Crippen LogP contribution is 2.46. The first-order valence-electron chi connectivity index (χ1n) is 22.6. The average Bonchev–Trinajstić information content (AvgIpc) is 3.57. The van der Waals surface area contributed by atoms with Crippen molar-refractivity contribution < 1.29 is 64.0 Å². The van der Waals surface area contributed by atoms with Gasteiger partial charge in [0.05, 0.1) is 48.6 Å². The van der Waals surface area contributed by atoms with E-state index in [4.69, 9.17) is 23.9 Å². The van der Waals surface area contributed by atoms with Crippen LogP contribution in [0.3, 0.4) is 0 Å². The van der Waals surface area contributed by atoms with Crippen molar-refractivity contribution in [1.29, 1.82) is 0 Å². The molecule has 1 fully saturated rings. The molecule has 14 nitrogen and oxygen atoms in total. The number of carbonyl (C=O) groups excluding carboxylic acids is 3. The zero-order valence-corrected chi connectivity index (χ0v) is 41.0. The van der Waals surface area contributed by atoms with Gasteiger partial charge in [0, 0.05) is 30.7 Å². The largest absolute Gasteiger partial charge is 0.455 e. The van der Waals surface area contributed by atoms with Gasteiger partial charge in [-0.25, -0.2) is 9.78 Å². The number of ether oxygens (including phenoxy) is 4. The molecule has 6 N–H and O–H groups in total. The van der Waals surface area contributed by atoms with Gasteiger partial charge in [0.25, 0.3) is 0 Å². The molecule has 1 aromatic heterocycles. The number of carbonyl (C=O) groups is 3. The van der Waals surface area contributed by atoms with E-state index in [-0.39, 0.29) is 43.5 Å². The number of ketones is 1. The molecule has 2 aliphatic heterocycles. The number of allylic oxidation sites excluding steroid dienone is 4. The van der Waals surface area contributed by atoms with Crippen molar-refractivity contribution in [2.75, 3.05) is 13.7 Å². The summed E-state index contributed by atoms with van der Waals surface area (Å²) in [6.45, 7) is 19.9. The fourth-order valence-corrected chi connectivity index (χ4v) is 9.11. The Balaban J connectivity index is 2.12. The third-order valence-electron chi connectivity index (χ3n) is 13.2. The van der Waals surface area contributed by atoms with Crippen molar-refractivity contribution in [2.24, 2.45) is 35.5 Å². The average molecular weight is 920 g/mol. The summed E-state index contributed by atoms with van der Waals surface area (Å²) in [4.78, 5) is 46.3. The van der Waals surface area contributed by atoms with Crippen LogP contribution in [0, 0.1) is 35.5 Å². The van der Waals surface area contributed by atoms with E-state index in [0.717, 1.165) is 16.3 Å². The van der Waals surface area contributed by atoms with Crippen LogP contribution in [0.25, 0.3) is 0 Å². The van der Waals surface area contributed by atoms with Crippen LogP contribution in [-0.4, -0.2) is 121 Å². The predicted octanol–water partition coefficient (Wildman–Crippen LogP) is 5.70. The highest BCUT2D eigenvalue weighted by molar-refractivity contribution is 7.09. The van der Waals surface area contributed by atoms with Crippen LogP contribution in [0.15, 0.2) is 53.0 Å². The van der Waals surface area contributed by atoms with Gasteiger partial charge in [-0.1, -0.05) is 69.7 Å². The molecular weight excluding hydrogens is 843 g/mol. The van der Waals surface area contributed by atoms with E-state index >= 15 is 0 Å². The van der Waals surface area contributed by atoms with Crippen molar-refractivity contribution in [3.63, 3.8) is 0 Å². The van der Waals surface area contributed by atoms with Gasteiger partial charge in [-0.15, -0.1) is 11.3 Å². The summed E-state index contributed by atoms with van der Waals surface area (Å²) in [6.07, 6.45) is 4.07. The molecule has 0 bridgehead atoms. The van der Waals surface area contributed by atoms with E-state index in [1.165, 1.54) is 46.1 Å². The molecule has 0 unspecified atom stereocenters. The Hall–Kier alpha value is -3.12. The van der Waals surface area contributed by atoms with Crippen LogP contribution >= 0.6 is 11.3 Å². The Morgan fingerprint density at radius 2 is 1.73 bits per heavy atom. The summed E-state index contributed by atoms with van der Waals surface area (Å²) in [5.41, 5.74) is -2.04. The number of aliphatic hydroxyl groups is 6. The number of aromatic nitrogens is 1. The minimum absolute atomic E-state index is 0.0591. The predicted molar refractivity (Wildman–Crippen MR) is 245 cm³/mol. The molecule has 16 atom stereocenters. The molecule has 0 amide bonds. The van der Waals surface area contributed by atoms with Gasteiger partial charge in [0.1, 0.15) is 40.3 Å². The van der Waals surface area contributed by atoms with Gasteiger partial charge >= 0.3 is 11.9 Å². The van der Waals surface area contributed by atoms with E-state index in [0.29, 0.717) is 12.0 Å². The topological polar surface area (TPSA) is 226 Å². The second kappa shape index (κ2) is 23.6. The molecule has 0 radical (unpaired) electrons. The molecule has 15 heteroatoms. The Kier molecular flexibility index (Phi) is 20.3. The van der Waals surface area contributed by atoms with Crippen molar-refractivity contribution in [1.82, 2.24) is 4.98 Å². The van der Waals surface area contributed by atoms with Gasteiger partial charge in [-0.2, -0.15) is 0 Å². The van der Waals surface area contributed by atoms with Gasteiger partial charge < -0.3 is 49.6 Å². The quantitative estimate of drug-likeness (QED) is 0.0941. The number of epoxide rings is 1. The summed E-state index contributed by atoms with van der Waals surface area (Å²) < 4.78 is 23.6. The zero-order chi connectivity index (χ0) is 48.5. The molecule has 0 aliphatic carbocycles. The monoisotopic (exact) mass is 920 g/mol. The van der Waals surface area contributed by atoms with Crippen LogP contribution < -0.4 is 0 Å². The second-order valence-corrected chi connectivity index (χ2v) is 20.1. The number of aliphatic hydroxyl groups excluding tert-OH is 5. The first-order chi connectivity index (χ1) is 29.7. The Morgan fingerprint density at radius 3 is 2.31 bits per heavy atom. The molecule has 0 spiro atoms. The lowest BCUT2D eigenvalue weighted by Crippen LogP contribution is -2.51. The molecule has 1 saturated heterocycles. The van der Waals surface area contributed by atoms with E-state index in [2.05, 4.69) is 0 Å². The molecule has 3 heterocycles. The van der Waals surface area contributed by atoms with Gasteiger partial charge in [0.15, 0.2) is 0 Å². The van der Waals surface area contributed by atoms with Crippen LogP contribution in [0.5, 0.6) is 0 Å². The summed E-state index contributed by atoms with van der Waals surface area (Å²) in [7, 11) is 1.41. The Morgan fingerprint density at radius 1 is 1.09 bits per heavy atom. The fourth-order valence-electron chi connectivity index (χ4n) is 8.11. The number of thiazole rings is 1. The summed E-state index contributed by atoms with van der Waals surface area (Å²) in [6, 6.07) is 0. The third-order valence-corrected chi connectivity index (χ3v) is 14.3. The van der Waals surface area contributed by atoms with Crippen molar-refractivity contribution >= 4 is 29.1 Å². The summed E-state index contributed by atoms with van der Waals surface area (Å²) in [5.74, 6) is -6.37. The molecule has 0 saturated carbocycles. The highest BCUT2D eigenvalue weighted by atomic mass is 32.1. The minimum atomic E-state index is -1.91. The maximum atomic E-state index is 14.6. The lowest BCUT2D eigenvalue weighted by atomic mass is 9.83. The molecule has 64 heavy (non-hydrogen) atoms. The standard InChI is InChI=1S/C49H77NO13S/c1-27-20-21-48(11,63-44(57)32(6)34(8)52)46(58)61-43(47(10,59)24-28(2)22-37-26-64-45(50-37)49(12)35(9)62-49)31(5)18-14-17-30(4)42(60-13)41(56)39(54)29(3)16-15-19-36(25-51)40(55)33(7)38(53)23-27/h14-15,17-19,24,26-27,29,31-36,38-39,41-43,51-54,56,59H,16,20-23,25H2,1-13H3/t27-,29+,31+,32-,33-,34+,35-,36+,38+,39+,41+,42-,43-,47-,48+,49+/m1/s1. The van der Waals surface area contributed by atoms with Gasteiger partial charge in [0.2, 0.25) is 5.60 Å². The lowest BCUT2D eigenvalue weighted by molar-refractivity contribution is -0.197. The van der Waals surface area contributed by atoms with Crippen molar-refractivity contribution in [3.05, 3.63) is 63.7 Å². The van der Waals surface area contributed by atoms with E-state index in [1.807, 2.05) is 33.1 Å². The summed E-state index contributed by atoms with van der Waals surface area (Å²) >= 11 is 1.50. The number of rotatable bonds is 10. The number of methoxy groups -OCH3 is 1. The third kappa shape index (κ3) is 14.4. The first-order valence-corrected chi connectivity index (χ1v) is 23.5. The fraction of sp³-hybridized carbons (Fsp3) is 0.714. The second-order valence-electron chi connectivity index (χ2n) is 19.3. The van der Waals surface area contributed by atoms with Crippen LogP contribution in [-0.2, 0) is 45.4 Å². The minimum Gasteiger partial charge on any atom is -0.455 e. The molecule has 3 rings (SSSR count). The van der Waals surface area contributed by atoms with Crippen LogP contribution in [0.2, 0.25) is 0 Å². The maximum Gasteiger partial charge on any atom is 0.350 e. The SMILES string of the molecule is CO[C@@H]1C(C)=CC=C[C@H](C)[C@H]([C@](C)(O)C=C(C)Cc2csc([C@@]3(C)O[C@@H]3C)n2)OC(=O)[C@@](C)(OC(=O)[C@H](C)[C@H](C)O)CC[C@@H](C)C[C@H](O)[C@@H](C)C(=O)[C@H](CO)C=CC[C@H](C)[C@H](O)[C@@H]1O. The Labute approximate surface area is 384 Å². The van der Waals surface area contributed by atoms with Gasteiger partial charge in [-0.05, 0) is 98.5 Å². The number of Topliss-reactive ketones (excluding diaryl/α,β-unsaturated/α-hetero) is 1. The molecule has 362 valence electrons. The molecule has 2 aliphatic rings. The Bertz CT molecular complexity index is 1840. The molecule has 1 aromatic rings. The lowest BCUT2D eigenvalue weighted by Gasteiger charge is -2.37. The normalized spacial score (nSPS) is 36.5. The van der Waals surface area contributed by atoms with Gasteiger partial charge in [-0.3, -0.25) is 9.59 Å². The van der Waals surface area contributed by atoms with Crippen LogP contribution in [0.4, 0.5) is 0 Å². The maximum absolute atomic E-state index is 14.6. The number of nitrogens with zero attached hydrogens (tertiary/aromatic N) is 1. The van der Waals surface area contributed by atoms with Crippen molar-refractivity contribution in [3.8, 4) is 0 Å². The van der Waals surface area contributed by atoms with Crippen molar-refractivity contribution in [2.45, 2.75) is 175 Å². The molecule has 0 aromatic carbocycles. The smallest absolute Gasteiger partial charge is 0.350 e. The van der Waals surface area contributed by atoms with E-state index in [9.17, 15) is 45.0 Å². The molecular formula is C49H77NO13S. The number of cyclic esters (lactones) is 1. The zero-order valence-electron chi connectivity index (χ0n) is 40.2. The number of esters is 2.